The summed E-state index contributed by atoms with van der Waals surface area (Å²) >= 11 is 7.13. The van der Waals surface area contributed by atoms with E-state index in [2.05, 4.69) is 15.5 Å². The topological polar surface area (TPSA) is 92.3 Å². The minimum Gasteiger partial charge on any atom is -0.320 e. The Morgan fingerprint density at radius 1 is 1.19 bits per heavy atom. The van der Waals surface area contributed by atoms with Crippen LogP contribution < -0.4 is 5.32 Å². The molecular formula is C21H20ClFN4O3S2. The van der Waals surface area contributed by atoms with Gasteiger partial charge < -0.3 is 5.32 Å². The molecule has 2 aromatic carbocycles. The van der Waals surface area contributed by atoms with E-state index in [4.69, 9.17) is 11.6 Å². The Bertz CT molecular complexity index is 1260. The van der Waals surface area contributed by atoms with Gasteiger partial charge in [-0.1, -0.05) is 35.1 Å². The molecule has 0 aliphatic carbocycles. The Kier molecular flexibility index (Phi) is 6.57. The zero-order valence-corrected chi connectivity index (χ0v) is 19.5. The average Bonchev–Trinajstić information content (AvgIpc) is 3.26. The van der Waals surface area contributed by atoms with Crippen molar-refractivity contribution in [2.24, 2.45) is 0 Å². The third kappa shape index (κ3) is 4.83. The zero-order valence-electron chi connectivity index (χ0n) is 17.1. The number of aryl methyl sites for hydroxylation is 1. The van der Waals surface area contributed by atoms with Gasteiger partial charge >= 0.3 is 0 Å². The fourth-order valence-corrected chi connectivity index (χ4v) is 6.38. The lowest BCUT2D eigenvalue weighted by Gasteiger charge is -2.30. The van der Waals surface area contributed by atoms with Crippen LogP contribution >= 0.6 is 22.9 Å². The summed E-state index contributed by atoms with van der Waals surface area (Å²) in [6, 6.07) is 10.6. The average molecular weight is 495 g/mol. The van der Waals surface area contributed by atoms with Crippen LogP contribution in [0.25, 0.3) is 0 Å². The molecule has 7 nitrogen and oxygen atoms in total. The molecule has 0 radical (unpaired) electrons. The van der Waals surface area contributed by atoms with Crippen molar-refractivity contribution in [3.05, 3.63) is 68.9 Å². The number of rotatable bonds is 5. The van der Waals surface area contributed by atoms with Crippen molar-refractivity contribution in [1.29, 1.82) is 0 Å². The van der Waals surface area contributed by atoms with Gasteiger partial charge in [0.1, 0.15) is 10.8 Å². The summed E-state index contributed by atoms with van der Waals surface area (Å²) in [6.45, 7) is 2.22. The Hall–Kier alpha value is -2.40. The van der Waals surface area contributed by atoms with Crippen LogP contribution in [-0.2, 0) is 10.0 Å². The van der Waals surface area contributed by atoms with E-state index in [1.807, 2.05) is 0 Å². The molecule has 0 bridgehead atoms. The molecule has 1 saturated heterocycles. The highest BCUT2D eigenvalue weighted by Gasteiger charge is 2.32. The number of carbonyl (C=O) groups excluding carboxylic acids is 1. The van der Waals surface area contributed by atoms with Crippen LogP contribution in [0.3, 0.4) is 0 Å². The Morgan fingerprint density at radius 2 is 1.94 bits per heavy atom. The van der Waals surface area contributed by atoms with E-state index in [9.17, 15) is 17.6 Å². The largest absolute Gasteiger partial charge is 0.320 e. The quantitative estimate of drug-likeness (QED) is 0.565. The first-order valence-electron chi connectivity index (χ1n) is 9.90. The molecular weight excluding hydrogens is 475 g/mol. The van der Waals surface area contributed by atoms with E-state index >= 15 is 0 Å². The van der Waals surface area contributed by atoms with Gasteiger partial charge in [-0.25, -0.2) is 12.8 Å². The second kappa shape index (κ2) is 9.22. The predicted octanol–water partition coefficient (Wildman–Crippen LogP) is 4.46. The standard InChI is InChI=1S/C21H20ClFN4O3S2/c1-13-5-6-16(23)12-18(13)32(29,30)27-9-7-14(8-10-27)20-25-26-21(31-20)19(28)24-17-4-2-3-15(22)11-17/h2-6,11-12,14H,7-10H2,1H3,(H,24,28). The first kappa shape index (κ1) is 22.8. The molecule has 3 aromatic rings. The number of anilines is 1. The molecule has 0 spiro atoms. The predicted molar refractivity (Wildman–Crippen MR) is 121 cm³/mol. The van der Waals surface area contributed by atoms with Gasteiger partial charge in [0.15, 0.2) is 0 Å². The van der Waals surface area contributed by atoms with Crippen LogP contribution in [0.5, 0.6) is 0 Å². The van der Waals surface area contributed by atoms with Crippen LogP contribution in [0.15, 0.2) is 47.4 Å². The van der Waals surface area contributed by atoms with E-state index in [0.717, 1.165) is 6.07 Å². The monoisotopic (exact) mass is 494 g/mol. The molecule has 0 atom stereocenters. The molecule has 1 aliphatic heterocycles. The summed E-state index contributed by atoms with van der Waals surface area (Å²) in [6.07, 6.45) is 1.08. The van der Waals surface area contributed by atoms with Gasteiger partial charge in [0.2, 0.25) is 15.0 Å². The minimum absolute atomic E-state index is 0.000256. The fraction of sp³-hybridized carbons (Fsp3) is 0.286. The van der Waals surface area contributed by atoms with Gasteiger partial charge in [-0.05, 0) is 55.7 Å². The third-order valence-corrected chi connectivity index (χ3v) is 8.65. The smallest absolute Gasteiger partial charge is 0.286 e. The zero-order chi connectivity index (χ0) is 22.9. The lowest BCUT2D eigenvalue weighted by atomic mass is 9.99. The van der Waals surface area contributed by atoms with E-state index in [-0.39, 0.29) is 34.8 Å². The van der Waals surface area contributed by atoms with Gasteiger partial charge in [-0.3, -0.25) is 4.79 Å². The maximum Gasteiger partial charge on any atom is 0.286 e. The number of halogens is 2. The van der Waals surface area contributed by atoms with Crippen molar-refractivity contribution >= 4 is 44.6 Å². The maximum atomic E-state index is 13.6. The summed E-state index contributed by atoms with van der Waals surface area (Å²) < 4.78 is 40.9. The molecule has 4 rings (SSSR count). The van der Waals surface area contributed by atoms with Gasteiger partial charge in [0.25, 0.3) is 5.91 Å². The van der Waals surface area contributed by atoms with Gasteiger partial charge in [0.05, 0.1) is 4.90 Å². The minimum atomic E-state index is -3.78. The molecule has 1 N–H and O–H groups in total. The van der Waals surface area contributed by atoms with Crippen molar-refractivity contribution in [1.82, 2.24) is 14.5 Å². The number of nitrogens with one attached hydrogen (secondary N) is 1. The molecule has 1 aromatic heterocycles. The third-order valence-electron chi connectivity index (χ3n) is 5.29. The van der Waals surface area contributed by atoms with Crippen molar-refractivity contribution in [3.63, 3.8) is 0 Å². The van der Waals surface area contributed by atoms with E-state index in [0.29, 0.717) is 34.1 Å². The van der Waals surface area contributed by atoms with Crippen LogP contribution in [-0.4, -0.2) is 41.9 Å². The molecule has 1 fully saturated rings. The van der Waals surface area contributed by atoms with Crippen LogP contribution in [0.1, 0.15) is 39.1 Å². The number of amides is 1. The molecule has 1 aliphatic rings. The lowest BCUT2D eigenvalue weighted by molar-refractivity contribution is 0.102. The summed E-state index contributed by atoms with van der Waals surface area (Å²) in [5.74, 6) is -0.959. The first-order valence-corrected chi connectivity index (χ1v) is 12.5. The SMILES string of the molecule is Cc1ccc(F)cc1S(=O)(=O)N1CCC(c2nnc(C(=O)Nc3cccc(Cl)c3)s2)CC1. The molecule has 11 heteroatoms. The summed E-state index contributed by atoms with van der Waals surface area (Å²) in [5, 5.41) is 12.3. The lowest BCUT2D eigenvalue weighted by Crippen LogP contribution is -2.38. The molecule has 32 heavy (non-hydrogen) atoms. The number of hydrogen-bond donors (Lipinski definition) is 1. The van der Waals surface area contributed by atoms with Crippen molar-refractivity contribution in [2.45, 2.75) is 30.6 Å². The van der Waals surface area contributed by atoms with Crippen LogP contribution in [0.2, 0.25) is 5.02 Å². The molecule has 0 saturated carbocycles. The number of piperidine rings is 1. The molecule has 0 unspecified atom stereocenters. The van der Waals surface area contributed by atoms with Crippen molar-refractivity contribution in [3.8, 4) is 0 Å². The van der Waals surface area contributed by atoms with Crippen molar-refractivity contribution in [2.75, 3.05) is 18.4 Å². The van der Waals surface area contributed by atoms with E-state index < -0.39 is 15.8 Å². The number of hydrogen-bond acceptors (Lipinski definition) is 6. The summed E-state index contributed by atoms with van der Waals surface area (Å²) in [7, 11) is -3.78. The maximum absolute atomic E-state index is 13.6. The first-order chi connectivity index (χ1) is 15.2. The van der Waals surface area contributed by atoms with Crippen molar-refractivity contribution < 1.29 is 17.6 Å². The summed E-state index contributed by atoms with van der Waals surface area (Å²) in [5.41, 5.74) is 1.07. The highest BCUT2D eigenvalue weighted by atomic mass is 35.5. The number of benzene rings is 2. The number of nitrogens with zero attached hydrogens (tertiary/aromatic N) is 3. The highest BCUT2D eigenvalue weighted by Crippen LogP contribution is 2.33. The normalized spacial score (nSPS) is 15.6. The molecule has 1 amide bonds. The highest BCUT2D eigenvalue weighted by molar-refractivity contribution is 7.89. The summed E-state index contributed by atoms with van der Waals surface area (Å²) in [4.78, 5) is 12.4. The van der Waals surface area contributed by atoms with E-state index in [1.54, 1.807) is 31.2 Å². The molecule has 168 valence electrons. The van der Waals surface area contributed by atoms with Crippen LogP contribution in [0, 0.1) is 12.7 Å². The van der Waals surface area contributed by atoms with Gasteiger partial charge in [-0.15, -0.1) is 10.2 Å². The Morgan fingerprint density at radius 3 is 2.66 bits per heavy atom. The number of aromatic nitrogens is 2. The second-order valence-electron chi connectivity index (χ2n) is 7.50. The van der Waals surface area contributed by atoms with Gasteiger partial charge in [0, 0.05) is 29.7 Å². The number of carbonyl (C=O) groups is 1. The van der Waals surface area contributed by atoms with E-state index in [1.165, 1.54) is 27.8 Å². The fourth-order valence-electron chi connectivity index (χ4n) is 3.58. The van der Waals surface area contributed by atoms with Gasteiger partial charge in [-0.2, -0.15) is 4.31 Å². The second-order valence-corrected chi connectivity index (χ2v) is 10.8. The Labute approximate surface area is 194 Å². The Balaban J connectivity index is 1.41. The number of sulfonamides is 1. The molecule has 2 heterocycles. The van der Waals surface area contributed by atoms with Crippen LogP contribution in [0.4, 0.5) is 10.1 Å².